The van der Waals surface area contributed by atoms with E-state index in [0.29, 0.717) is 29.8 Å². The molecule has 1 saturated heterocycles. The third-order valence-electron chi connectivity index (χ3n) is 5.50. The molecule has 3 rings (SSSR count). The molecule has 1 amide bonds. The minimum absolute atomic E-state index is 0.00544. The van der Waals surface area contributed by atoms with E-state index in [-0.39, 0.29) is 28.9 Å². The van der Waals surface area contributed by atoms with E-state index in [1.165, 1.54) is 6.07 Å². The minimum Gasteiger partial charge on any atom is -0.366 e. The molecule has 0 saturated carbocycles. The molecule has 0 radical (unpaired) electrons. The number of nitrogens with two attached hydrogens (primary N) is 1. The molecule has 7 heteroatoms. The third-order valence-corrected chi connectivity index (χ3v) is 6.54. The smallest absolute Gasteiger partial charge is 0.254 e. The van der Waals surface area contributed by atoms with Gasteiger partial charge in [0.25, 0.3) is 5.91 Å². The Morgan fingerprint density at radius 1 is 1.14 bits per heavy atom. The van der Waals surface area contributed by atoms with E-state index in [9.17, 15) is 13.2 Å². The molecule has 2 N–H and O–H groups in total. The number of carbonyl (C=O) groups excluding carboxylic acids is 1. The first-order chi connectivity index (χ1) is 13.6. The van der Waals surface area contributed by atoms with E-state index < -0.39 is 10.0 Å². The summed E-state index contributed by atoms with van der Waals surface area (Å²) in [5.41, 5.74) is 2.62. The number of carbonyl (C=O) groups is 1. The van der Waals surface area contributed by atoms with E-state index in [2.05, 4.69) is 13.8 Å². The van der Waals surface area contributed by atoms with E-state index >= 15 is 0 Å². The van der Waals surface area contributed by atoms with Gasteiger partial charge in [0, 0.05) is 12.1 Å². The molecule has 0 aromatic heterocycles. The fourth-order valence-electron chi connectivity index (χ4n) is 3.60. The van der Waals surface area contributed by atoms with Crippen LogP contribution in [0.1, 0.15) is 47.0 Å². The Balaban J connectivity index is 1.96. The van der Waals surface area contributed by atoms with Crippen molar-refractivity contribution in [3.8, 4) is 0 Å². The minimum atomic E-state index is -3.92. The number of morpholine rings is 1. The van der Waals surface area contributed by atoms with Gasteiger partial charge in [-0.25, -0.2) is 13.6 Å². The number of nitrogens with zero attached hydrogens (tertiary/aromatic N) is 1. The molecule has 1 heterocycles. The van der Waals surface area contributed by atoms with E-state index in [1.807, 2.05) is 30.3 Å². The van der Waals surface area contributed by atoms with Crippen molar-refractivity contribution >= 4 is 15.9 Å². The van der Waals surface area contributed by atoms with Gasteiger partial charge in [0.05, 0.1) is 17.5 Å². The third kappa shape index (κ3) is 4.69. The highest BCUT2D eigenvalue weighted by molar-refractivity contribution is 7.89. The van der Waals surface area contributed by atoms with Gasteiger partial charge < -0.3 is 9.64 Å². The van der Waals surface area contributed by atoms with Gasteiger partial charge in [0.15, 0.2) is 0 Å². The number of amides is 1. The van der Waals surface area contributed by atoms with E-state index in [4.69, 9.17) is 9.88 Å². The van der Waals surface area contributed by atoms with Crippen LogP contribution in [-0.4, -0.2) is 38.4 Å². The first-order valence-corrected chi connectivity index (χ1v) is 11.3. The Morgan fingerprint density at radius 3 is 2.38 bits per heavy atom. The van der Waals surface area contributed by atoms with Gasteiger partial charge >= 0.3 is 0 Å². The van der Waals surface area contributed by atoms with Crippen LogP contribution in [0.15, 0.2) is 47.4 Å². The molecular weight excluding hydrogens is 388 g/mol. The normalized spacial score (nSPS) is 20.1. The standard InChI is InChI=1S/C22H28N2O4S/c1-14(2)19-12-24(13-20(28-19)17-8-6-5-7-9-17)22(25)18-10-15(3)16(4)21(11-18)29(23,26)27/h5-11,14,19-20H,12-13H2,1-4H3,(H2,23,26,27)/t19-,20+/m1/s1. The second kappa shape index (κ2) is 8.26. The second-order valence-electron chi connectivity index (χ2n) is 7.99. The van der Waals surface area contributed by atoms with Gasteiger partial charge in [-0.1, -0.05) is 44.2 Å². The molecule has 2 aromatic rings. The summed E-state index contributed by atoms with van der Waals surface area (Å²) in [6, 6.07) is 12.9. The van der Waals surface area contributed by atoms with Crippen LogP contribution in [0, 0.1) is 19.8 Å². The van der Waals surface area contributed by atoms with Crippen molar-refractivity contribution in [2.24, 2.45) is 11.1 Å². The highest BCUT2D eigenvalue weighted by atomic mass is 32.2. The maximum atomic E-state index is 13.3. The van der Waals surface area contributed by atoms with E-state index in [0.717, 1.165) is 5.56 Å². The Kier molecular flexibility index (Phi) is 6.12. The summed E-state index contributed by atoms with van der Waals surface area (Å²) in [6.07, 6.45) is -0.340. The lowest BCUT2D eigenvalue weighted by atomic mass is 9.99. The average molecular weight is 417 g/mol. The number of primary sulfonamides is 1. The van der Waals surface area contributed by atoms with Gasteiger partial charge in [0.2, 0.25) is 10.0 Å². The van der Waals surface area contributed by atoms with Gasteiger partial charge in [-0.05, 0) is 48.6 Å². The first-order valence-electron chi connectivity index (χ1n) is 9.71. The summed E-state index contributed by atoms with van der Waals surface area (Å²) >= 11 is 0. The monoisotopic (exact) mass is 416 g/mol. The Bertz CT molecular complexity index is 1000. The van der Waals surface area contributed by atoms with Crippen LogP contribution in [0.3, 0.4) is 0 Å². The Labute approximate surface area is 172 Å². The van der Waals surface area contributed by atoms with Gasteiger partial charge in [-0.2, -0.15) is 0 Å². The van der Waals surface area contributed by atoms with Crippen LogP contribution < -0.4 is 5.14 Å². The predicted octanol–water partition coefficient (Wildman–Crippen LogP) is 3.19. The van der Waals surface area contributed by atoms with Crippen molar-refractivity contribution in [2.75, 3.05) is 13.1 Å². The molecule has 156 valence electrons. The molecule has 29 heavy (non-hydrogen) atoms. The second-order valence-corrected chi connectivity index (χ2v) is 9.52. The summed E-state index contributed by atoms with van der Waals surface area (Å²) in [5.74, 6) is 0.0180. The van der Waals surface area contributed by atoms with Gasteiger partial charge in [0.1, 0.15) is 6.10 Å². The summed E-state index contributed by atoms with van der Waals surface area (Å²) in [4.78, 5) is 15.1. The maximum absolute atomic E-state index is 13.3. The highest BCUT2D eigenvalue weighted by Crippen LogP contribution is 2.30. The number of benzene rings is 2. The molecule has 1 aliphatic heterocycles. The molecule has 0 unspecified atom stereocenters. The zero-order valence-electron chi connectivity index (χ0n) is 17.3. The molecule has 1 aliphatic rings. The zero-order valence-corrected chi connectivity index (χ0v) is 18.1. The van der Waals surface area contributed by atoms with Crippen molar-refractivity contribution < 1.29 is 17.9 Å². The average Bonchev–Trinajstić information content (AvgIpc) is 2.68. The largest absolute Gasteiger partial charge is 0.366 e. The molecule has 2 atom stereocenters. The lowest BCUT2D eigenvalue weighted by Crippen LogP contribution is -2.48. The summed E-state index contributed by atoms with van der Waals surface area (Å²) in [7, 11) is -3.92. The lowest BCUT2D eigenvalue weighted by Gasteiger charge is -2.40. The Morgan fingerprint density at radius 2 is 1.79 bits per heavy atom. The van der Waals surface area contributed by atoms with Crippen LogP contribution in [0.5, 0.6) is 0 Å². The first kappa shape index (κ1) is 21.5. The molecule has 0 bridgehead atoms. The number of aryl methyl sites for hydroxylation is 1. The van der Waals surface area contributed by atoms with Crippen LogP contribution >= 0.6 is 0 Å². The van der Waals surface area contributed by atoms with Gasteiger partial charge in [-0.3, -0.25) is 4.79 Å². The zero-order chi connectivity index (χ0) is 21.3. The molecule has 0 spiro atoms. The number of hydrogen-bond donors (Lipinski definition) is 1. The number of rotatable bonds is 4. The summed E-state index contributed by atoms with van der Waals surface area (Å²) in [5, 5.41) is 5.36. The fraction of sp³-hybridized carbons (Fsp3) is 0.409. The lowest BCUT2D eigenvalue weighted by molar-refractivity contribution is -0.0954. The molecule has 2 aromatic carbocycles. The number of sulfonamides is 1. The molecule has 0 aliphatic carbocycles. The summed E-state index contributed by atoms with van der Waals surface area (Å²) in [6.45, 7) is 8.47. The SMILES string of the molecule is Cc1cc(C(=O)N2C[C@@H](c3ccccc3)O[C@@H](C(C)C)C2)cc(S(N)(=O)=O)c1C. The van der Waals surface area contributed by atoms with E-state index in [1.54, 1.807) is 24.8 Å². The van der Waals surface area contributed by atoms with Crippen LogP contribution in [0.2, 0.25) is 0 Å². The van der Waals surface area contributed by atoms with Gasteiger partial charge in [-0.15, -0.1) is 0 Å². The topological polar surface area (TPSA) is 89.7 Å². The summed E-state index contributed by atoms with van der Waals surface area (Å²) < 4.78 is 30.2. The van der Waals surface area contributed by atoms with Crippen molar-refractivity contribution in [2.45, 2.75) is 44.8 Å². The van der Waals surface area contributed by atoms with Crippen LogP contribution in [-0.2, 0) is 14.8 Å². The number of ether oxygens (including phenoxy) is 1. The maximum Gasteiger partial charge on any atom is 0.254 e. The van der Waals surface area contributed by atoms with Crippen LogP contribution in [0.4, 0.5) is 0 Å². The van der Waals surface area contributed by atoms with Crippen molar-refractivity contribution in [3.63, 3.8) is 0 Å². The molecule has 6 nitrogen and oxygen atoms in total. The number of hydrogen-bond acceptors (Lipinski definition) is 4. The van der Waals surface area contributed by atoms with Crippen molar-refractivity contribution in [1.82, 2.24) is 4.90 Å². The van der Waals surface area contributed by atoms with Crippen molar-refractivity contribution in [1.29, 1.82) is 0 Å². The highest BCUT2D eigenvalue weighted by Gasteiger charge is 2.33. The molecule has 1 fully saturated rings. The predicted molar refractivity (Wildman–Crippen MR) is 112 cm³/mol. The van der Waals surface area contributed by atoms with Crippen LogP contribution in [0.25, 0.3) is 0 Å². The Hall–Kier alpha value is -2.22. The van der Waals surface area contributed by atoms with Crippen molar-refractivity contribution in [3.05, 3.63) is 64.7 Å². The quantitative estimate of drug-likeness (QED) is 0.829. The fourth-order valence-corrected chi connectivity index (χ4v) is 4.48. The molecular formula is C22H28N2O4S.